The maximum atomic E-state index is 12.5. The lowest BCUT2D eigenvalue weighted by molar-refractivity contribution is 0.601. The number of hydrogen-bond acceptors (Lipinski definition) is 3. The van der Waals surface area contributed by atoms with Crippen LogP contribution in [0.15, 0.2) is 70.3 Å². The average Bonchev–Trinajstić information content (AvgIpc) is 3.04. The molecule has 3 aromatic rings. The van der Waals surface area contributed by atoms with Gasteiger partial charge in [0.1, 0.15) is 0 Å². The van der Waals surface area contributed by atoms with E-state index in [4.69, 9.17) is 0 Å². The molecule has 0 aliphatic carbocycles. The second kappa shape index (κ2) is 8.05. The Morgan fingerprint density at radius 1 is 1.04 bits per heavy atom. The molecule has 0 fully saturated rings. The Bertz CT molecular complexity index is 965. The number of nitrogens with zero attached hydrogens (tertiary/aromatic N) is 2. The summed E-state index contributed by atoms with van der Waals surface area (Å²) in [4.78, 5) is 0.248. The van der Waals surface area contributed by atoms with Crippen LogP contribution < -0.4 is 4.72 Å². The number of hydrogen-bond donors (Lipinski definition) is 1. The van der Waals surface area contributed by atoms with Gasteiger partial charge in [0, 0.05) is 10.7 Å². The van der Waals surface area contributed by atoms with Crippen LogP contribution in [0.1, 0.15) is 24.5 Å². The standard InChI is InChI=1S/C19H20BrN3O2S/c1-2-3-15-6-10-19(11-7-15)26(24,25)22-18-12-21-23(14-18)13-16-4-8-17(20)9-5-16/h4-12,14,22H,2-3,13H2,1H3. The fraction of sp³-hybridized carbons (Fsp3) is 0.211. The molecular weight excluding hydrogens is 414 g/mol. The minimum atomic E-state index is -3.62. The molecule has 136 valence electrons. The first kappa shape index (κ1) is 18.7. The topological polar surface area (TPSA) is 64.0 Å². The van der Waals surface area contributed by atoms with Gasteiger partial charge in [-0.1, -0.05) is 53.5 Å². The van der Waals surface area contributed by atoms with E-state index in [2.05, 4.69) is 32.7 Å². The lowest BCUT2D eigenvalue weighted by Gasteiger charge is -2.07. The molecule has 0 saturated heterocycles. The number of aromatic nitrogens is 2. The Morgan fingerprint density at radius 3 is 2.35 bits per heavy atom. The number of halogens is 1. The molecule has 0 aliphatic rings. The van der Waals surface area contributed by atoms with E-state index in [1.54, 1.807) is 23.0 Å². The highest BCUT2D eigenvalue weighted by molar-refractivity contribution is 9.10. The molecule has 0 aliphatic heterocycles. The van der Waals surface area contributed by atoms with Crippen LogP contribution in [0, 0.1) is 0 Å². The molecule has 26 heavy (non-hydrogen) atoms. The Morgan fingerprint density at radius 2 is 1.69 bits per heavy atom. The third kappa shape index (κ3) is 4.74. The highest BCUT2D eigenvalue weighted by atomic mass is 79.9. The molecule has 0 radical (unpaired) electrons. The first-order valence-corrected chi connectivity index (χ1v) is 10.6. The average molecular weight is 434 g/mol. The zero-order chi connectivity index (χ0) is 18.6. The van der Waals surface area contributed by atoms with Gasteiger partial charge in [0.05, 0.1) is 23.3 Å². The summed E-state index contributed by atoms with van der Waals surface area (Å²) in [5.74, 6) is 0. The fourth-order valence-corrected chi connectivity index (χ4v) is 3.91. The summed E-state index contributed by atoms with van der Waals surface area (Å²) in [5, 5.41) is 4.23. The molecule has 1 N–H and O–H groups in total. The molecule has 3 rings (SSSR count). The molecule has 0 unspecified atom stereocenters. The summed E-state index contributed by atoms with van der Waals surface area (Å²) in [6.45, 7) is 2.67. The van der Waals surface area contributed by atoms with Crippen LogP contribution in [-0.2, 0) is 23.0 Å². The maximum absolute atomic E-state index is 12.5. The van der Waals surface area contributed by atoms with Crippen molar-refractivity contribution < 1.29 is 8.42 Å². The van der Waals surface area contributed by atoms with Gasteiger partial charge >= 0.3 is 0 Å². The number of anilines is 1. The minimum absolute atomic E-state index is 0.248. The van der Waals surface area contributed by atoms with Crippen LogP contribution in [0.25, 0.3) is 0 Å². The summed E-state index contributed by atoms with van der Waals surface area (Å²) in [6.07, 6.45) is 5.17. The first-order valence-electron chi connectivity index (χ1n) is 8.35. The highest BCUT2D eigenvalue weighted by Gasteiger charge is 2.15. The van der Waals surface area contributed by atoms with Gasteiger partial charge in [-0.2, -0.15) is 5.10 Å². The molecule has 0 bridgehead atoms. The van der Waals surface area contributed by atoms with E-state index in [1.165, 1.54) is 6.20 Å². The molecule has 7 heteroatoms. The van der Waals surface area contributed by atoms with Gasteiger partial charge in [-0.05, 0) is 41.8 Å². The van der Waals surface area contributed by atoms with Gasteiger partial charge in [0.25, 0.3) is 10.0 Å². The Labute approximate surface area is 162 Å². The number of aryl methyl sites for hydroxylation is 1. The van der Waals surface area contributed by atoms with Crippen molar-refractivity contribution in [2.75, 3.05) is 4.72 Å². The van der Waals surface area contributed by atoms with Gasteiger partial charge in [0.2, 0.25) is 0 Å². The first-order chi connectivity index (χ1) is 12.5. The van der Waals surface area contributed by atoms with Gasteiger partial charge in [-0.25, -0.2) is 8.42 Å². The SMILES string of the molecule is CCCc1ccc(S(=O)(=O)Nc2cnn(Cc3ccc(Br)cc3)c2)cc1. The van der Waals surface area contributed by atoms with E-state index in [9.17, 15) is 8.42 Å². The van der Waals surface area contributed by atoms with E-state index in [0.717, 1.165) is 28.4 Å². The highest BCUT2D eigenvalue weighted by Crippen LogP contribution is 2.17. The Kier molecular flexibility index (Phi) is 5.78. The lowest BCUT2D eigenvalue weighted by atomic mass is 10.1. The summed E-state index contributed by atoms with van der Waals surface area (Å²) in [5.41, 5.74) is 2.66. The van der Waals surface area contributed by atoms with E-state index in [-0.39, 0.29) is 4.90 Å². The van der Waals surface area contributed by atoms with Crippen LogP contribution in [0.3, 0.4) is 0 Å². The fourth-order valence-electron chi connectivity index (χ4n) is 2.62. The van der Waals surface area contributed by atoms with Crippen LogP contribution >= 0.6 is 15.9 Å². The predicted molar refractivity (Wildman–Crippen MR) is 107 cm³/mol. The van der Waals surface area contributed by atoms with Gasteiger partial charge in [-0.15, -0.1) is 0 Å². The Balaban J connectivity index is 1.70. The molecular formula is C19H20BrN3O2S. The molecule has 0 amide bonds. The third-order valence-corrected chi connectivity index (χ3v) is 5.84. The van der Waals surface area contributed by atoms with Crippen molar-refractivity contribution in [3.05, 3.63) is 76.5 Å². The van der Waals surface area contributed by atoms with Crippen LogP contribution in [0.2, 0.25) is 0 Å². The van der Waals surface area contributed by atoms with Crippen LogP contribution in [0.4, 0.5) is 5.69 Å². The monoisotopic (exact) mass is 433 g/mol. The predicted octanol–water partition coefficient (Wildman–Crippen LogP) is 4.45. The normalized spacial score (nSPS) is 11.5. The van der Waals surface area contributed by atoms with Crippen LogP contribution in [0.5, 0.6) is 0 Å². The van der Waals surface area contributed by atoms with Crippen LogP contribution in [-0.4, -0.2) is 18.2 Å². The molecule has 0 atom stereocenters. The van der Waals surface area contributed by atoms with E-state index in [1.807, 2.05) is 36.4 Å². The Hall–Kier alpha value is -2.12. The number of rotatable bonds is 7. The molecule has 0 saturated carbocycles. The molecule has 2 aromatic carbocycles. The van der Waals surface area contributed by atoms with Crippen molar-refractivity contribution in [3.8, 4) is 0 Å². The van der Waals surface area contributed by atoms with E-state index >= 15 is 0 Å². The molecule has 5 nitrogen and oxygen atoms in total. The van der Waals surface area contributed by atoms with Crippen molar-refractivity contribution in [2.24, 2.45) is 0 Å². The lowest BCUT2D eigenvalue weighted by Crippen LogP contribution is -2.12. The molecule has 0 spiro atoms. The van der Waals surface area contributed by atoms with Crippen molar-refractivity contribution in [2.45, 2.75) is 31.2 Å². The van der Waals surface area contributed by atoms with E-state index < -0.39 is 10.0 Å². The minimum Gasteiger partial charge on any atom is -0.276 e. The van der Waals surface area contributed by atoms with Crippen molar-refractivity contribution in [1.82, 2.24) is 9.78 Å². The summed E-state index contributed by atoms with van der Waals surface area (Å²) < 4.78 is 30.3. The summed E-state index contributed by atoms with van der Waals surface area (Å²) >= 11 is 3.40. The van der Waals surface area contributed by atoms with Crippen molar-refractivity contribution in [3.63, 3.8) is 0 Å². The van der Waals surface area contributed by atoms with Gasteiger partial charge < -0.3 is 0 Å². The van der Waals surface area contributed by atoms with Crippen molar-refractivity contribution in [1.29, 1.82) is 0 Å². The second-order valence-electron chi connectivity index (χ2n) is 6.05. The van der Waals surface area contributed by atoms with Gasteiger partial charge in [-0.3, -0.25) is 9.40 Å². The summed E-state index contributed by atoms with van der Waals surface area (Å²) in [6, 6.07) is 14.9. The molecule has 1 heterocycles. The van der Waals surface area contributed by atoms with E-state index in [0.29, 0.717) is 12.2 Å². The molecule has 1 aromatic heterocycles. The quantitative estimate of drug-likeness (QED) is 0.598. The smallest absolute Gasteiger partial charge is 0.261 e. The number of benzene rings is 2. The largest absolute Gasteiger partial charge is 0.276 e. The van der Waals surface area contributed by atoms with Crippen molar-refractivity contribution >= 4 is 31.6 Å². The number of nitrogens with one attached hydrogen (secondary N) is 1. The maximum Gasteiger partial charge on any atom is 0.261 e. The number of sulfonamides is 1. The zero-order valence-corrected chi connectivity index (χ0v) is 16.8. The van der Waals surface area contributed by atoms with Gasteiger partial charge in [0.15, 0.2) is 0 Å². The second-order valence-corrected chi connectivity index (χ2v) is 8.65. The third-order valence-electron chi connectivity index (χ3n) is 3.92. The zero-order valence-electron chi connectivity index (χ0n) is 14.4. The summed E-state index contributed by atoms with van der Waals surface area (Å²) in [7, 11) is -3.62.